The SMILES string of the molecule is COCCCn1ncc(N)c1N. The van der Waals surface area contributed by atoms with Crippen LogP contribution in [0.2, 0.25) is 0 Å². The fourth-order valence-electron chi connectivity index (χ4n) is 0.946. The van der Waals surface area contributed by atoms with Gasteiger partial charge in [-0.15, -0.1) is 0 Å². The predicted octanol–water partition coefficient (Wildman–Crippen LogP) is 0.0840. The number of anilines is 2. The van der Waals surface area contributed by atoms with Crippen LogP contribution in [0.25, 0.3) is 0 Å². The summed E-state index contributed by atoms with van der Waals surface area (Å²) in [6.45, 7) is 1.45. The summed E-state index contributed by atoms with van der Waals surface area (Å²) < 4.78 is 6.57. The Hall–Kier alpha value is -1.23. The van der Waals surface area contributed by atoms with Crippen LogP contribution >= 0.6 is 0 Å². The molecule has 0 saturated carbocycles. The molecule has 5 heteroatoms. The average molecular weight is 170 g/mol. The molecule has 0 unspecified atom stereocenters. The minimum absolute atomic E-state index is 0.533. The molecular weight excluding hydrogens is 156 g/mol. The number of aromatic nitrogens is 2. The van der Waals surface area contributed by atoms with Crippen molar-refractivity contribution in [2.45, 2.75) is 13.0 Å². The van der Waals surface area contributed by atoms with Gasteiger partial charge in [0.15, 0.2) is 0 Å². The maximum absolute atomic E-state index is 5.62. The normalized spacial score (nSPS) is 10.4. The van der Waals surface area contributed by atoms with E-state index in [1.54, 1.807) is 18.0 Å². The fraction of sp³-hybridized carbons (Fsp3) is 0.571. The first-order valence-corrected chi connectivity index (χ1v) is 3.81. The molecule has 0 aliphatic carbocycles. The van der Waals surface area contributed by atoms with Gasteiger partial charge in [-0.2, -0.15) is 5.10 Å². The monoisotopic (exact) mass is 170 g/mol. The number of rotatable bonds is 4. The fourth-order valence-corrected chi connectivity index (χ4v) is 0.946. The van der Waals surface area contributed by atoms with E-state index in [2.05, 4.69) is 5.10 Å². The van der Waals surface area contributed by atoms with Crippen molar-refractivity contribution in [2.24, 2.45) is 0 Å². The molecular formula is C7H14N4O. The number of methoxy groups -OCH3 is 1. The molecule has 68 valence electrons. The molecule has 0 aromatic carbocycles. The number of hydrogen-bond donors (Lipinski definition) is 2. The van der Waals surface area contributed by atoms with Gasteiger partial charge in [-0.1, -0.05) is 0 Å². The zero-order valence-electron chi connectivity index (χ0n) is 7.16. The average Bonchev–Trinajstić information content (AvgIpc) is 2.36. The third kappa shape index (κ3) is 1.88. The first kappa shape index (κ1) is 8.86. The van der Waals surface area contributed by atoms with E-state index < -0.39 is 0 Å². The number of aryl methyl sites for hydroxylation is 1. The maximum Gasteiger partial charge on any atom is 0.145 e. The van der Waals surface area contributed by atoms with Gasteiger partial charge in [0, 0.05) is 20.3 Å². The van der Waals surface area contributed by atoms with E-state index in [0.717, 1.165) is 13.0 Å². The molecule has 0 amide bonds. The van der Waals surface area contributed by atoms with Gasteiger partial charge in [0.05, 0.1) is 11.9 Å². The lowest BCUT2D eigenvalue weighted by Gasteiger charge is -2.02. The topological polar surface area (TPSA) is 79.1 Å². The van der Waals surface area contributed by atoms with Crippen LogP contribution in [0.5, 0.6) is 0 Å². The van der Waals surface area contributed by atoms with Crippen molar-refractivity contribution in [3.63, 3.8) is 0 Å². The summed E-state index contributed by atoms with van der Waals surface area (Å²) in [6, 6.07) is 0. The molecule has 0 spiro atoms. The van der Waals surface area contributed by atoms with Crippen molar-refractivity contribution >= 4 is 11.5 Å². The second kappa shape index (κ2) is 3.96. The summed E-state index contributed by atoms with van der Waals surface area (Å²) in [5.74, 6) is 0.533. The van der Waals surface area contributed by atoms with Crippen molar-refractivity contribution < 1.29 is 4.74 Å². The molecule has 1 aromatic rings. The summed E-state index contributed by atoms with van der Waals surface area (Å²) in [4.78, 5) is 0. The summed E-state index contributed by atoms with van der Waals surface area (Å²) in [5, 5.41) is 4.00. The Morgan fingerprint density at radius 3 is 2.83 bits per heavy atom. The number of ether oxygens (including phenoxy) is 1. The van der Waals surface area contributed by atoms with Gasteiger partial charge < -0.3 is 16.2 Å². The molecule has 0 atom stereocenters. The first-order chi connectivity index (χ1) is 5.75. The molecule has 4 N–H and O–H groups in total. The van der Waals surface area contributed by atoms with Crippen LogP contribution in [0.1, 0.15) is 6.42 Å². The highest BCUT2D eigenvalue weighted by Gasteiger charge is 2.01. The van der Waals surface area contributed by atoms with Crippen LogP contribution in [0, 0.1) is 0 Å². The van der Waals surface area contributed by atoms with Crippen LogP contribution in [-0.4, -0.2) is 23.5 Å². The molecule has 0 fully saturated rings. The van der Waals surface area contributed by atoms with E-state index in [-0.39, 0.29) is 0 Å². The molecule has 0 bridgehead atoms. The van der Waals surface area contributed by atoms with Gasteiger partial charge in [-0.25, -0.2) is 4.68 Å². The summed E-state index contributed by atoms with van der Waals surface area (Å²) in [5.41, 5.74) is 11.7. The van der Waals surface area contributed by atoms with Crippen LogP contribution in [0.3, 0.4) is 0 Å². The molecule has 0 aliphatic rings. The van der Waals surface area contributed by atoms with Gasteiger partial charge >= 0.3 is 0 Å². The molecule has 0 aliphatic heterocycles. The van der Waals surface area contributed by atoms with Crippen LogP contribution in [-0.2, 0) is 11.3 Å². The second-order valence-corrected chi connectivity index (χ2v) is 2.55. The van der Waals surface area contributed by atoms with Gasteiger partial charge in [-0.3, -0.25) is 0 Å². The van der Waals surface area contributed by atoms with E-state index >= 15 is 0 Å². The van der Waals surface area contributed by atoms with Gasteiger partial charge in [0.1, 0.15) is 5.82 Å². The second-order valence-electron chi connectivity index (χ2n) is 2.55. The number of nitrogen functional groups attached to an aromatic ring is 2. The summed E-state index contributed by atoms with van der Waals surface area (Å²) in [7, 11) is 1.67. The molecule has 5 nitrogen and oxygen atoms in total. The Morgan fingerprint density at radius 1 is 1.58 bits per heavy atom. The summed E-state index contributed by atoms with van der Waals surface area (Å²) in [6.07, 6.45) is 2.45. The molecule has 1 aromatic heterocycles. The molecule has 1 heterocycles. The minimum Gasteiger partial charge on any atom is -0.394 e. The van der Waals surface area contributed by atoms with E-state index in [9.17, 15) is 0 Å². The van der Waals surface area contributed by atoms with E-state index in [0.29, 0.717) is 18.1 Å². The van der Waals surface area contributed by atoms with Crippen molar-refractivity contribution in [3.8, 4) is 0 Å². The van der Waals surface area contributed by atoms with E-state index in [1.165, 1.54) is 0 Å². The third-order valence-electron chi connectivity index (χ3n) is 1.63. The maximum atomic E-state index is 5.62. The lowest BCUT2D eigenvalue weighted by molar-refractivity contribution is 0.189. The minimum atomic E-state index is 0.533. The number of hydrogen-bond acceptors (Lipinski definition) is 4. The molecule has 1 rings (SSSR count). The smallest absolute Gasteiger partial charge is 0.145 e. The standard InChI is InChI=1S/C7H14N4O/c1-12-4-2-3-11-7(9)6(8)5-10-11/h5H,2-4,8-9H2,1H3. The molecule has 12 heavy (non-hydrogen) atoms. The summed E-state index contributed by atoms with van der Waals surface area (Å²) >= 11 is 0. The van der Waals surface area contributed by atoms with Crippen LogP contribution < -0.4 is 11.5 Å². The molecule has 0 radical (unpaired) electrons. The van der Waals surface area contributed by atoms with E-state index in [1.807, 2.05) is 0 Å². The van der Waals surface area contributed by atoms with Crippen molar-refractivity contribution in [1.29, 1.82) is 0 Å². The first-order valence-electron chi connectivity index (χ1n) is 3.81. The van der Waals surface area contributed by atoms with Crippen molar-refractivity contribution in [1.82, 2.24) is 9.78 Å². The highest BCUT2D eigenvalue weighted by Crippen LogP contribution is 2.12. The Bertz CT molecular complexity index is 246. The zero-order chi connectivity index (χ0) is 8.97. The Balaban J connectivity index is 2.46. The van der Waals surface area contributed by atoms with Gasteiger partial charge in [0.25, 0.3) is 0 Å². The Morgan fingerprint density at radius 2 is 2.33 bits per heavy atom. The third-order valence-corrected chi connectivity index (χ3v) is 1.63. The predicted molar refractivity (Wildman–Crippen MR) is 47.5 cm³/mol. The highest BCUT2D eigenvalue weighted by atomic mass is 16.5. The lowest BCUT2D eigenvalue weighted by Crippen LogP contribution is -2.07. The Kier molecular flexibility index (Phi) is 2.93. The van der Waals surface area contributed by atoms with Crippen LogP contribution in [0.4, 0.5) is 11.5 Å². The van der Waals surface area contributed by atoms with Gasteiger partial charge in [-0.05, 0) is 6.42 Å². The van der Waals surface area contributed by atoms with E-state index in [4.69, 9.17) is 16.2 Å². The Labute approximate surface area is 71.3 Å². The van der Waals surface area contributed by atoms with Crippen LogP contribution in [0.15, 0.2) is 6.20 Å². The highest BCUT2D eigenvalue weighted by molar-refractivity contribution is 5.56. The lowest BCUT2D eigenvalue weighted by atomic mass is 10.4. The quantitative estimate of drug-likeness (QED) is 0.627. The largest absolute Gasteiger partial charge is 0.394 e. The zero-order valence-corrected chi connectivity index (χ0v) is 7.16. The van der Waals surface area contributed by atoms with Crippen molar-refractivity contribution in [2.75, 3.05) is 25.2 Å². The van der Waals surface area contributed by atoms with Crippen molar-refractivity contribution in [3.05, 3.63) is 6.20 Å². The number of nitrogens with two attached hydrogens (primary N) is 2. The number of nitrogens with zero attached hydrogens (tertiary/aromatic N) is 2. The molecule has 0 saturated heterocycles. The van der Waals surface area contributed by atoms with Gasteiger partial charge in [0.2, 0.25) is 0 Å².